The molecule has 117 heavy (non-hydrogen) atoms. The monoisotopic (exact) mass is 1760 g/mol. The van der Waals surface area contributed by atoms with E-state index in [1.165, 1.54) is 91.1 Å². The summed E-state index contributed by atoms with van der Waals surface area (Å²) in [7, 11) is 8.14. The second kappa shape index (κ2) is 204. The van der Waals surface area contributed by atoms with Crippen molar-refractivity contribution in [2.45, 2.75) is 401 Å². The molecule has 0 saturated heterocycles. The van der Waals surface area contributed by atoms with Gasteiger partial charge in [0, 0.05) is 35.5 Å². The molecular formula is C86H232O31. The third-order valence-corrected chi connectivity index (χ3v) is 8.02. The van der Waals surface area contributed by atoms with E-state index >= 15 is 0 Å². The molecule has 0 rings (SSSR count). The predicted octanol–water partition coefficient (Wildman–Crippen LogP) is 24.1. The molecule has 0 bridgehead atoms. The summed E-state index contributed by atoms with van der Waals surface area (Å²) in [4.78, 5) is 150. The average molecular weight is 1760 g/mol. The summed E-state index contributed by atoms with van der Waals surface area (Å²) in [5, 5.41) is 0. The van der Waals surface area contributed by atoms with Crippen LogP contribution in [-0.2, 0) is 148 Å². The largest absolute Gasteiger partial charge is 0.466 e. The van der Waals surface area contributed by atoms with Gasteiger partial charge in [-0.05, 0) is 76.2 Å². The lowest BCUT2D eigenvalue weighted by molar-refractivity contribution is -0.164. The van der Waals surface area contributed by atoms with Gasteiger partial charge in [0.05, 0.1) is 33.5 Å². The molecule has 0 spiro atoms. The normalized spacial score (nSPS) is 7.97. The maximum atomic E-state index is 10.9. The Morgan fingerprint density at radius 3 is 0.504 bits per heavy atom. The fourth-order valence-electron chi connectivity index (χ4n) is 3.17. The van der Waals surface area contributed by atoms with E-state index in [-0.39, 0.29) is 347 Å². The summed E-state index contributed by atoms with van der Waals surface area (Å²) < 4.78 is 77.6. The minimum atomic E-state index is -0.859. The van der Waals surface area contributed by atoms with Crippen molar-refractivity contribution < 1.29 is 148 Å². The number of hydrogen-bond acceptors (Lipinski definition) is 31. The van der Waals surface area contributed by atoms with E-state index in [0.29, 0.717) is 6.29 Å². The Morgan fingerprint density at radius 2 is 0.376 bits per heavy atom. The molecule has 0 fully saturated rings. The zero-order valence-corrected chi connectivity index (χ0v) is 48.0. The quantitative estimate of drug-likeness (QED) is 0.0279. The summed E-state index contributed by atoms with van der Waals surface area (Å²) in [6.45, 7) is 15.8. The lowest BCUT2D eigenvalue weighted by Crippen LogP contribution is -2.25. The van der Waals surface area contributed by atoms with Crippen LogP contribution >= 0.6 is 0 Å². The number of methoxy groups -OCH3 is 6. The van der Waals surface area contributed by atoms with Crippen molar-refractivity contribution in [3.05, 3.63) is 0 Å². The minimum Gasteiger partial charge on any atom is -0.466 e. The Kier molecular flexibility index (Phi) is 522. The SMILES string of the molecule is C.C.C.C.C.C.C.C.C.C.C.C.C.C.C.C.C.C.C.C.C.C.C.C.C.C.C.C.C.C.C.C.C.C.C.C.C.C.CC(=O)C(C)OC(=O)COC(=O)CC=O.CCOC(=O)COC(=O)C(C)OC.CCOC(=O)COC(=O)C(C)OC.CCOC(=O)COC(=O)C(C)OC.CCOC(=O)COC(=O)C(C)OC.COC(=O)COC(=O)C(C)OC. The summed E-state index contributed by atoms with van der Waals surface area (Å²) in [6.07, 6.45) is -4.19. The first-order valence-electron chi connectivity index (χ1n) is 23.5. The van der Waals surface area contributed by atoms with Gasteiger partial charge in [0.25, 0.3) is 0 Å². The van der Waals surface area contributed by atoms with Crippen molar-refractivity contribution in [1.82, 2.24) is 0 Å². The summed E-state index contributed by atoms with van der Waals surface area (Å²) in [5.41, 5.74) is 0. The van der Waals surface area contributed by atoms with Crippen LogP contribution in [0.4, 0.5) is 0 Å². The number of carbonyl (C=O) groups is 14. The maximum absolute atomic E-state index is 10.9. The third kappa shape index (κ3) is 205. The van der Waals surface area contributed by atoms with Crippen LogP contribution in [0.25, 0.3) is 0 Å². The lowest BCUT2D eigenvalue weighted by atomic mass is 10.3. The highest BCUT2D eigenvalue weighted by molar-refractivity contribution is 5.87. The molecule has 0 amide bonds. The topological polar surface area (TPSA) is 396 Å². The van der Waals surface area contributed by atoms with Crippen LogP contribution in [0.5, 0.6) is 0 Å². The third-order valence-electron chi connectivity index (χ3n) is 8.02. The predicted molar refractivity (Wildman–Crippen MR) is 519 cm³/mol. The van der Waals surface area contributed by atoms with Crippen molar-refractivity contribution in [2.24, 2.45) is 0 Å². The van der Waals surface area contributed by atoms with E-state index in [1.54, 1.807) is 27.7 Å². The van der Waals surface area contributed by atoms with Gasteiger partial charge >= 0.3 is 71.6 Å². The van der Waals surface area contributed by atoms with Crippen LogP contribution < -0.4 is 0 Å². The fourth-order valence-corrected chi connectivity index (χ4v) is 3.17. The zero-order chi connectivity index (χ0) is 62.5. The fraction of sp³-hybridized carbons (Fsp3) is 0.837. The van der Waals surface area contributed by atoms with Gasteiger partial charge in [0.15, 0.2) is 82.0 Å². The number of esters is 12. The second-order valence-corrected chi connectivity index (χ2v) is 14.0. The molecular weight excluding hydrogens is 1530 g/mol. The van der Waals surface area contributed by atoms with Crippen LogP contribution in [0.1, 0.15) is 365 Å². The van der Waals surface area contributed by atoms with Gasteiger partial charge in [0.1, 0.15) is 12.7 Å². The summed E-state index contributed by atoms with van der Waals surface area (Å²) in [6, 6.07) is 0. The number of carbonyl (C=O) groups excluding carboxylic acids is 14. The van der Waals surface area contributed by atoms with E-state index in [1.807, 2.05) is 0 Å². The standard InChI is InChI=1S/C9H12O6.4C8H14O5.C7H12O5.38CH4/c1-6(11)7(2)15-9(13)5-14-8(12)3-4-10;4*1-4-12-7(9)5-13-8(10)6(2)11-3;1-5(10-2)7(9)12-4-6(8)11-3;;;;;;;;;;;;;;;;;;;;;;;;;;;;;;;;;;;;;;/h4,7H,3,5H2,1-2H3;4*6H,4-5H2,1-3H3;5H,4H2,1-3H3;38*1H4. The Morgan fingerprint density at radius 1 is 0.222 bits per heavy atom. The van der Waals surface area contributed by atoms with Gasteiger partial charge in [-0.3, -0.25) is 9.59 Å². The number of aldehydes is 1. The molecule has 762 valence electrons. The van der Waals surface area contributed by atoms with Gasteiger partial charge in [0.2, 0.25) is 0 Å². The maximum Gasteiger partial charge on any atom is 0.344 e. The molecule has 31 heteroatoms. The molecule has 0 aromatic heterocycles. The Balaban J connectivity index is -0.0000000122. The number of hydrogen-bond donors (Lipinski definition) is 0. The highest BCUT2D eigenvalue weighted by Crippen LogP contribution is 1.98. The number of Topliss-reactive ketones (excluding diaryl/α,β-unsaturated/α-hetero) is 1. The van der Waals surface area contributed by atoms with Crippen LogP contribution in [0, 0.1) is 0 Å². The molecule has 0 aromatic carbocycles. The molecule has 0 N–H and O–H groups in total. The van der Waals surface area contributed by atoms with E-state index in [9.17, 15) is 67.1 Å². The molecule has 0 saturated carbocycles. The van der Waals surface area contributed by atoms with E-state index in [2.05, 4.69) is 80.5 Å². The van der Waals surface area contributed by atoms with Gasteiger partial charge in [-0.15, -0.1) is 0 Å². The van der Waals surface area contributed by atoms with Crippen LogP contribution in [0.3, 0.4) is 0 Å². The summed E-state index contributed by atoms with van der Waals surface area (Å²) in [5.74, 6) is -7.62. The van der Waals surface area contributed by atoms with Gasteiger partial charge in [-0.2, -0.15) is 0 Å². The van der Waals surface area contributed by atoms with Crippen molar-refractivity contribution in [3.8, 4) is 0 Å². The van der Waals surface area contributed by atoms with E-state index in [0.717, 1.165) is 0 Å². The highest BCUT2D eigenvalue weighted by atomic mass is 16.6. The Labute approximate surface area is 738 Å². The molecule has 31 nitrogen and oxygen atoms in total. The number of ether oxygens (including phenoxy) is 17. The van der Waals surface area contributed by atoms with E-state index < -0.39 is 121 Å². The van der Waals surface area contributed by atoms with Crippen LogP contribution in [-0.4, -0.2) is 229 Å². The Bertz CT molecular complexity index is 1660. The first-order chi connectivity index (χ1) is 37.0. The number of rotatable bonds is 30. The molecule has 0 radical (unpaired) electrons. The van der Waals surface area contributed by atoms with Gasteiger partial charge in [-0.1, -0.05) is 282 Å². The highest BCUT2D eigenvalue weighted by Gasteiger charge is 2.19. The first kappa shape index (κ1) is 300. The zero-order valence-electron chi connectivity index (χ0n) is 48.0. The summed E-state index contributed by atoms with van der Waals surface area (Å²) >= 11 is 0. The van der Waals surface area contributed by atoms with Crippen molar-refractivity contribution in [3.63, 3.8) is 0 Å². The van der Waals surface area contributed by atoms with Gasteiger partial charge < -0.3 is 85.3 Å². The molecule has 0 aromatic rings. The molecule has 0 heterocycles. The van der Waals surface area contributed by atoms with Crippen LogP contribution in [0.2, 0.25) is 0 Å². The Hall–Kier alpha value is -7.22. The lowest BCUT2D eigenvalue weighted by Gasteiger charge is -2.09. The molecule has 6 atom stereocenters. The second-order valence-electron chi connectivity index (χ2n) is 14.0. The average Bonchev–Trinajstić information content (AvgIpc) is 3.43. The van der Waals surface area contributed by atoms with Crippen LogP contribution in [0.15, 0.2) is 0 Å². The molecule has 0 aliphatic carbocycles. The van der Waals surface area contributed by atoms with Crippen molar-refractivity contribution in [1.29, 1.82) is 0 Å². The van der Waals surface area contributed by atoms with E-state index in [4.69, 9.17) is 0 Å². The number of ketones is 1. The molecule has 6 unspecified atom stereocenters. The molecule has 0 aliphatic heterocycles. The first-order valence-corrected chi connectivity index (χ1v) is 23.5. The van der Waals surface area contributed by atoms with Crippen molar-refractivity contribution >= 4 is 83.7 Å². The van der Waals surface area contributed by atoms with Crippen molar-refractivity contribution in [2.75, 3.05) is 109 Å². The smallest absolute Gasteiger partial charge is 0.344 e. The van der Waals surface area contributed by atoms with Gasteiger partial charge in [-0.25, -0.2) is 52.7 Å². The molecule has 0 aliphatic rings. The minimum absolute atomic E-state index is 0.